The van der Waals surface area contributed by atoms with Gasteiger partial charge in [-0.1, -0.05) is 40.5 Å². The van der Waals surface area contributed by atoms with Crippen LogP contribution in [0, 0.1) is 12.3 Å². The fourth-order valence-corrected chi connectivity index (χ4v) is 4.24. The van der Waals surface area contributed by atoms with E-state index in [0.29, 0.717) is 29.7 Å². The highest BCUT2D eigenvalue weighted by molar-refractivity contribution is 9.10. The number of benzene rings is 2. The lowest BCUT2D eigenvalue weighted by atomic mass is 10.1. The topological polar surface area (TPSA) is 87.3 Å². The second-order valence-corrected chi connectivity index (χ2v) is 9.02. The average molecular weight is 513 g/mol. The number of aliphatic imine (C=N–C) groups is 1. The molecule has 0 saturated heterocycles. The highest BCUT2D eigenvalue weighted by atomic mass is 79.9. The van der Waals surface area contributed by atoms with Crippen LogP contribution in [0.4, 0.5) is 0 Å². The molecule has 0 saturated carbocycles. The molecule has 0 fully saturated rings. The van der Waals surface area contributed by atoms with Crippen molar-refractivity contribution in [3.63, 3.8) is 0 Å². The number of nitrogens with zero attached hydrogens (tertiary/aromatic N) is 3. The Hall–Kier alpha value is -2.91. The number of nitrogens with one attached hydrogen (secondary N) is 1. The highest BCUT2D eigenvalue weighted by Crippen LogP contribution is 2.31. The maximum absolute atomic E-state index is 12.6. The van der Waals surface area contributed by atoms with Crippen molar-refractivity contribution in [3.8, 4) is 11.5 Å². The van der Waals surface area contributed by atoms with Crippen LogP contribution in [0.5, 0.6) is 11.5 Å². The number of hydrazone groups is 1. The van der Waals surface area contributed by atoms with Gasteiger partial charge in [0, 0.05) is 10.0 Å². The number of hydrogen-bond acceptors (Lipinski definition) is 6. The molecule has 2 aliphatic heterocycles. The predicted octanol–water partition coefficient (Wildman–Crippen LogP) is 5.24. The first-order chi connectivity index (χ1) is 15.4. The fraction of sp³-hybridized carbons (Fsp3) is 0.217. The van der Waals surface area contributed by atoms with E-state index in [4.69, 9.17) is 14.9 Å². The van der Waals surface area contributed by atoms with Crippen molar-refractivity contribution in [2.24, 2.45) is 10.1 Å². The highest BCUT2D eigenvalue weighted by Gasteiger charge is 2.35. The SMILES string of the molecule is CCC1=NN2C(=N)/C(=C/c3cc(Br)ccc3OCCOc3ccc(C)cc3)C(=O)N=C2S1. The second kappa shape index (κ2) is 9.70. The van der Waals surface area contributed by atoms with Crippen LogP contribution in [0.15, 0.2) is 62.6 Å². The first-order valence-electron chi connectivity index (χ1n) is 10.1. The molecule has 7 nitrogen and oxygen atoms in total. The lowest BCUT2D eigenvalue weighted by Gasteiger charge is -2.20. The fourth-order valence-electron chi connectivity index (χ4n) is 3.04. The molecule has 32 heavy (non-hydrogen) atoms. The lowest BCUT2D eigenvalue weighted by Crippen LogP contribution is -2.35. The van der Waals surface area contributed by atoms with E-state index in [1.807, 2.05) is 56.3 Å². The van der Waals surface area contributed by atoms with Crippen LogP contribution in [0.2, 0.25) is 0 Å². The summed E-state index contributed by atoms with van der Waals surface area (Å²) in [5.74, 6) is 0.902. The minimum absolute atomic E-state index is 0.00424. The van der Waals surface area contributed by atoms with Crippen molar-refractivity contribution in [1.29, 1.82) is 5.41 Å². The number of fused-ring (bicyclic) bond motifs is 1. The van der Waals surface area contributed by atoms with Gasteiger partial charge in [-0.3, -0.25) is 10.2 Å². The van der Waals surface area contributed by atoms with Crippen molar-refractivity contribution in [1.82, 2.24) is 5.01 Å². The summed E-state index contributed by atoms with van der Waals surface area (Å²) in [5, 5.41) is 15.5. The molecule has 0 atom stereocenters. The first kappa shape index (κ1) is 22.3. The van der Waals surface area contributed by atoms with Crippen LogP contribution in [-0.2, 0) is 4.79 Å². The van der Waals surface area contributed by atoms with Crippen molar-refractivity contribution < 1.29 is 14.3 Å². The Morgan fingerprint density at radius 3 is 2.66 bits per heavy atom. The Morgan fingerprint density at radius 1 is 1.16 bits per heavy atom. The van der Waals surface area contributed by atoms with E-state index in [0.717, 1.165) is 21.7 Å². The molecule has 2 aromatic rings. The Kier molecular flexibility index (Phi) is 6.76. The number of carbonyl (C=O) groups is 1. The molecule has 0 unspecified atom stereocenters. The molecule has 0 aromatic heterocycles. The van der Waals surface area contributed by atoms with Gasteiger partial charge in [0.2, 0.25) is 5.17 Å². The van der Waals surface area contributed by atoms with E-state index in [9.17, 15) is 4.79 Å². The van der Waals surface area contributed by atoms with Gasteiger partial charge < -0.3 is 9.47 Å². The summed E-state index contributed by atoms with van der Waals surface area (Å²) < 4.78 is 12.5. The number of hydrogen-bond donors (Lipinski definition) is 1. The third-order valence-electron chi connectivity index (χ3n) is 4.70. The quantitative estimate of drug-likeness (QED) is 0.404. The van der Waals surface area contributed by atoms with E-state index in [2.05, 4.69) is 26.0 Å². The first-order valence-corrected chi connectivity index (χ1v) is 11.7. The molecule has 2 aliphatic rings. The van der Waals surface area contributed by atoms with E-state index in [1.54, 1.807) is 6.08 Å². The molecule has 2 aromatic carbocycles. The van der Waals surface area contributed by atoms with Gasteiger partial charge in [-0.25, -0.2) is 0 Å². The average Bonchev–Trinajstić information content (AvgIpc) is 3.20. The minimum atomic E-state index is -0.463. The van der Waals surface area contributed by atoms with Crippen molar-refractivity contribution in [2.45, 2.75) is 20.3 Å². The van der Waals surface area contributed by atoms with Crippen molar-refractivity contribution in [2.75, 3.05) is 13.2 Å². The van der Waals surface area contributed by atoms with E-state index >= 15 is 0 Å². The summed E-state index contributed by atoms with van der Waals surface area (Å²) in [6.45, 7) is 4.70. The standard InChI is InChI=1S/C23H21BrN4O3S/c1-3-20-27-28-21(25)18(22(29)26-23(28)32-20)13-15-12-16(24)6-9-19(15)31-11-10-30-17-7-4-14(2)5-8-17/h4-9,12-13,25H,3,10-11H2,1-2H3/b18-13-,25-21?. The van der Waals surface area contributed by atoms with Gasteiger partial charge in [-0.15, -0.1) is 0 Å². The third kappa shape index (κ3) is 4.94. The van der Waals surface area contributed by atoms with Gasteiger partial charge in [0.1, 0.15) is 29.8 Å². The van der Waals surface area contributed by atoms with Crippen LogP contribution in [0.3, 0.4) is 0 Å². The summed E-state index contributed by atoms with van der Waals surface area (Å²) in [7, 11) is 0. The normalized spacial score (nSPS) is 16.7. The molecule has 0 spiro atoms. The van der Waals surface area contributed by atoms with E-state index in [-0.39, 0.29) is 11.4 Å². The van der Waals surface area contributed by atoms with Crippen LogP contribution in [-0.4, -0.2) is 40.2 Å². The number of rotatable bonds is 7. The number of halogens is 1. The Morgan fingerprint density at radius 2 is 1.91 bits per heavy atom. The van der Waals surface area contributed by atoms with Crippen LogP contribution in [0.25, 0.3) is 6.08 Å². The van der Waals surface area contributed by atoms with Gasteiger partial charge >= 0.3 is 0 Å². The number of thioether (sulfide) groups is 1. The Bertz CT molecular complexity index is 1160. The minimum Gasteiger partial charge on any atom is -0.490 e. The maximum Gasteiger partial charge on any atom is 0.283 e. The Labute approximate surface area is 198 Å². The molecular weight excluding hydrogens is 492 g/mol. The largest absolute Gasteiger partial charge is 0.490 e. The predicted molar refractivity (Wildman–Crippen MR) is 132 cm³/mol. The zero-order chi connectivity index (χ0) is 22.7. The van der Waals surface area contributed by atoms with Gasteiger partial charge in [0.15, 0.2) is 5.84 Å². The zero-order valence-electron chi connectivity index (χ0n) is 17.6. The number of carbonyl (C=O) groups excluding carboxylic acids is 1. The molecule has 2 heterocycles. The van der Waals surface area contributed by atoms with Gasteiger partial charge in [0.05, 0.1) is 5.57 Å². The summed E-state index contributed by atoms with van der Waals surface area (Å²) in [5.41, 5.74) is 1.99. The monoisotopic (exact) mass is 512 g/mol. The molecular formula is C23H21BrN4O3S. The summed E-state index contributed by atoms with van der Waals surface area (Å²) >= 11 is 4.78. The molecule has 1 amide bonds. The van der Waals surface area contributed by atoms with E-state index < -0.39 is 5.91 Å². The molecule has 4 rings (SSSR count). The molecule has 0 radical (unpaired) electrons. The summed E-state index contributed by atoms with van der Waals surface area (Å²) in [6.07, 6.45) is 2.34. The molecule has 0 aliphatic carbocycles. The van der Waals surface area contributed by atoms with Gasteiger partial charge in [-0.05, 0) is 61.5 Å². The number of ether oxygens (including phenoxy) is 2. The van der Waals surface area contributed by atoms with Crippen molar-refractivity contribution >= 4 is 55.7 Å². The smallest absolute Gasteiger partial charge is 0.283 e. The third-order valence-corrected chi connectivity index (χ3v) is 6.25. The maximum atomic E-state index is 12.6. The van der Waals surface area contributed by atoms with Gasteiger partial charge in [-0.2, -0.15) is 15.1 Å². The summed E-state index contributed by atoms with van der Waals surface area (Å²) in [4.78, 5) is 16.7. The van der Waals surface area contributed by atoms with Gasteiger partial charge in [0.25, 0.3) is 5.91 Å². The molecule has 9 heteroatoms. The molecule has 164 valence electrons. The van der Waals surface area contributed by atoms with Crippen molar-refractivity contribution in [3.05, 3.63) is 63.6 Å². The lowest BCUT2D eigenvalue weighted by molar-refractivity contribution is -0.114. The number of amidine groups is 2. The number of amides is 1. The number of aryl methyl sites for hydroxylation is 1. The van der Waals surface area contributed by atoms with E-state index in [1.165, 1.54) is 22.3 Å². The second-order valence-electron chi connectivity index (χ2n) is 7.06. The summed E-state index contributed by atoms with van der Waals surface area (Å²) in [6, 6.07) is 13.3. The molecule has 1 N–H and O–H groups in total. The molecule has 0 bridgehead atoms. The van der Waals surface area contributed by atoms with Crippen LogP contribution < -0.4 is 9.47 Å². The zero-order valence-corrected chi connectivity index (χ0v) is 20.0. The van der Waals surface area contributed by atoms with Crippen LogP contribution in [0.1, 0.15) is 24.5 Å². The Balaban J connectivity index is 1.50. The van der Waals surface area contributed by atoms with Crippen LogP contribution >= 0.6 is 27.7 Å².